The molecule has 0 bridgehead atoms. The maximum atomic E-state index is 12.3. The first-order chi connectivity index (χ1) is 10.5. The Bertz CT molecular complexity index is 543. The molecule has 120 valence electrons. The molecule has 1 aromatic rings. The van der Waals surface area contributed by atoms with E-state index < -0.39 is 0 Å². The lowest BCUT2D eigenvalue weighted by atomic mass is 9.92. The molecule has 1 saturated heterocycles. The lowest BCUT2D eigenvalue weighted by molar-refractivity contribution is -0.127. The summed E-state index contributed by atoms with van der Waals surface area (Å²) in [5.74, 6) is 1.10. The highest BCUT2D eigenvalue weighted by Crippen LogP contribution is 2.23. The summed E-state index contributed by atoms with van der Waals surface area (Å²) in [6.45, 7) is 5.26. The Morgan fingerprint density at radius 3 is 2.68 bits per heavy atom. The normalized spacial score (nSPS) is 17.7. The average Bonchev–Trinajstić information content (AvgIpc) is 2.52. The van der Waals surface area contributed by atoms with Crippen LogP contribution in [0.25, 0.3) is 6.08 Å². The molecule has 0 radical (unpaired) electrons. The lowest BCUT2D eigenvalue weighted by Gasteiger charge is -2.32. The van der Waals surface area contributed by atoms with Gasteiger partial charge >= 0.3 is 0 Å². The van der Waals surface area contributed by atoms with Crippen molar-refractivity contribution in [3.8, 4) is 5.75 Å². The van der Waals surface area contributed by atoms with E-state index in [2.05, 4.69) is 0 Å². The SMILES string of the molecule is COc1ccc(C)cc1C=CC(=O)N1CCC(C(C)O)CC1. The summed E-state index contributed by atoms with van der Waals surface area (Å²) in [4.78, 5) is 14.1. The molecule has 1 amide bonds. The zero-order valence-corrected chi connectivity index (χ0v) is 13.6. The minimum Gasteiger partial charge on any atom is -0.496 e. The average molecular weight is 303 g/mol. The van der Waals surface area contributed by atoms with Crippen molar-refractivity contribution in [3.05, 3.63) is 35.4 Å². The zero-order valence-electron chi connectivity index (χ0n) is 13.6. The van der Waals surface area contributed by atoms with Gasteiger partial charge in [-0.2, -0.15) is 0 Å². The molecule has 1 unspecified atom stereocenters. The van der Waals surface area contributed by atoms with E-state index in [-0.39, 0.29) is 12.0 Å². The van der Waals surface area contributed by atoms with Crippen molar-refractivity contribution in [2.45, 2.75) is 32.8 Å². The number of rotatable bonds is 4. The molecule has 1 fully saturated rings. The van der Waals surface area contributed by atoms with Gasteiger partial charge in [0.2, 0.25) is 5.91 Å². The Balaban J connectivity index is 1.99. The molecule has 1 aliphatic heterocycles. The van der Waals surface area contributed by atoms with Crippen LogP contribution in [-0.2, 0) is 4.79 Å². The van der Waals surface area contributed by atoms with Gasteiger partial charge < -0.3 is 14.7 Å². The predicted molar refractivity (Wildman–Crippen MR) is 87.7 cm³/mol. The molecule has 0 spiro atoms. The first kappa shape index (κ1) is 16.6. The van der Waals surface area contributed by atoms with Crippen LogP contribution in [0.1, 0.15) is 30.9 Å². The molecular weight excluding hydrogens is 278 g/mol. The fourth-order valence-corrected chi connectivity index (χ4v) is 2.85. The number of carbonyl (C=O) groups excluding carboxylic acids is 1. The maximum absolute atomic E-state index is 12.3. The summed E-state index contributed by atoms with van der Waals surface area (Å²) >= 11 is 0. The molecule has 22 heavy (non-hydrogen) atoms. The molecule has 1 heterocycles. The summed E-state index contributed by atoms with van der Waals surface area (Å²) in [5.41, 5.74) is 2.04. The van der Waals surface area contributed by atoms with E-state index in [1.54, 1.807) is 13.2 Å². The standard InChI is InChI=1S/C18H25NO3/c1-13-4-6-17(22-3)16(12-13)5-7-18(21)19-10-8-15(9-11-19)14(2)20/h4-7,12,14-15,20H,8-11H2,1-3H3. The van der Waals surface area contributed by atoms with Crippen LogP contribution in [0.5, 0.6) is 5.75 Å². The molecule has 0 aromatic heterocycles. The maximum Gasteiger partial charge on any atom is 0.246 e. The van der Waals surface area contributed by atoms with E-state index in [1.807, 2.05) is 43.0 Å². The van der Waals surface area contributed by atoms with Crippen molar-refractivity contribution in [1.82, 2.24) is 4.90 Å². The van der Waals surface area contributed by atoms with Gasteiger partial charge in [0.15, 0.2) is 0 Å². The molecule has 1 N–H and O–H groups in total. The van der Waals surface area contributed by atoms with Crippen molar-refractivity contribution in [3.63, 3.8) is 0 Å². The van der Waals surface area contributed by atoms with Gasteiger partial charge in [-0.15, -0.1) is 0 Å². The minimum atomic E-state index is -0.288. The lowest BCUT2D eigenvalue weighted by Crippen LogP contribution is -2.39. The van der Waals surface area contributed by atoms with Crippen molar-refractivity contribution in [2.75, 3.05) is 20.2 Å². The Kier molecular flexibility index (Phi) is 5.61. The van der Waals surface area contributed by atoms with E-state index in [1.165, 1.54) is 0 Å². The van der Waals surface area contributed by atoms with Crippen LogP contribution < -0.4 is 4.74 Å². The Hall–Kier alpha value is -1.81. The highest BCUT2D eigenvalue weighted by molar-refractivity contribution is 5.92. The highest BCUT2D eigenvalue weighted by atomic mass is 16.5. The molecule has 4 heteroatoms. The van der Waals surface area contributed by atoms with Crippen molar-refractivity contribution in [1.29, 1.82) is 0 Å². The Morgan fingerprint density at radius 2 is 2.09 bits per heavy atom. The van der Waals surface area contributed by atoms with Crippen LogP contribution in [0.2, 0.25) is 0 Å². The van der Waals surface area contributed by atoms with Crippen LogP contribution in [-0.4, -0.2) is 42.2 Å². The number of aryl methyl sites for hydroxylation is 1. The largest absolute Gasteiger partial charge is 0.496 e. The predicted octanol–water partition coefficient (Wildman–Crippen LogP) is 2.64. The number of piperidine rings is 1. The number of aliphatic hydroxyl groups excluding tert-OH is 1. The molecule has 1 aliphatic rings. The summed E-state index contributed by atoms with van der Waals surface area (Å²) in [6.07, 6.45) is 4.87. The molecule has 1 aromatic carbocycles. The van der Waals surface area contributed by atoms with Crippen molar-refractivity contribution >= 4 is 12.0 Å². The van der Waals surface area contributed by atoms with Gasteiger partial charge in [-0.05, 0) is 50.8 Å². The van der Waals surface area contributed by atoms with Crippen molar-refractivity contribution in [2.24, 2.45) is 5.92 Å². The van der Waals surface area contributed by atoms with Gasteiger partial charge in [-0.1, -0.05) is 11.6 Å². The zero-order chi connectivity index (χ0) is 16.1. The fraction of sp³-hybridized carbons (Fsp3) is 0.500. The summed E-state index contributed by atoms with van der Waals surface area (Å²) in [5, 5.41) is 9.61. The highest BCUT2D eigenvalue weighted by Gasteiger charge is 2.24. The van der Waals surface area contributed by atoms with Gasteiger partial charge in [0.1, 0.15) is 5.75 Å². The molecular formula is C18H25NO3. The third-order valence-corrected chi connectivity index (χ3v) is 4.32. The van der Waals surface area contributed by atoms with E-state index >= 15 is 0 Å². The minimum absolute atomic E-state index is 0.0209. The molecule has 4 nitrogen and oxygen atoms in total. The van der Waals surface area contributed by atoms with Crippen LogP contribution in [0.15, 0.2) is 24.3 Å². The second-order valence-electron chi connectivity index (χ2n) is 5.98. The van der Waals surface area contributed by atoms with Crippen molar-refractivity contribution < 1.29 is 14.6 Å². The smallest absolute Gasteiger partial charge is 0.246 e. The summed E-state index contributed by atoms with van der Waals surface area (Å²) in [6, 6.07) is 5.90. The quantitative estimate of drug-likeness (QED) is 0.870. The van der Waals surface area contributed by atoms with Gasteiger partial charge in [0.25, 0.3) is 0 Å². The number of amides is 1. The number of carbonyl (C=O) groups is 1. The number of benzene rings is 1. The molecule has 1 atom stereocenters. The van der Waals surface area contributed by atoms with Crippen LogP contribution in [0.4, 0.5) is 0 Å². The molecule has 0 aliphatic carbocycles. The number of hydrogen-bond donors (Lipinski definition) is 1. The summed E-state index contributed by atoms with van der Waals surface area (Å²) in [7, 11) is 1.63. The van der Waals surface area contributed by atoms with Crippen LogP contribution in [0, 0.1) is 12.8 Å². The number of nitrogens with zero attached hydrogens (tertiary/aromatic N) is 1. The van der Waals surface area contributed by atoms with Gasteiger partial charge in [0, 0.05) is 24.7 Å². The van der Waals surface area contributed by atoms with E-state index in [0.717, 1.165) is 29.7 Å². The first-order valence-corrected chi connectivity index (χ1v) is 7.81. The third kappa shape index (κ3) is 4.10. The van der Waals surface area contributed by atoms with Gasteiger partial charge in [-0.3, -0.25) is 4.79 Å². The fourth-order valence-electron chi connectivity index (χ4n) is 2.85. The molecule has 2 rings (SSSR count). The van der Waals surface area contributed by atoms with Crippen LogP contribution >= 0.6 is 0 Å². The Morgan fingerprint density at radius 1 is 1.41 bits per heavy atom. The number of likely N-dealkylation sites (tertiary alicyclic amines) is 1. The second-order valence-corrected chi connectivity index (χ2v) is 5.98. The number of aliphatic hydroxyl groups is 1. The number of ether oxygens (including phenoxy) is 1. The van der Waals surface area contributed by atoms with Crippen LogP contribution in [0.3, 0.4) is 0 Å². The topological polar surface area (TPSA) is 49.8 Å². The van der Waals surface area contributed by atoms with E-state index in [4.69, 9.17) is 4.74 Å². The number of methoxy groups -OCH3 is 1. The summed E-state index contributed by atoms with van der Waals surface area (Å²) < 4.78 is 5.31. The molecule has 0 saturated carbocycles. The van der Waals surface area contributed by atoms with E-state index in [9.17, 15) is 9.90 Å². The van der Waals surface area contributed by atoms with Gasteiger partial charge in [0.05, 0.1) is 13.2 Å². The monoisotopic (exact) mass is 303 g/mol. The first-order valence-electron chi connectivity index (χ1n) is 7.81. The third-order valence-electron chi connectivity index (χ3n) is 4.32. The van der Waals surface area contributed by atoms with E-state index in [0.29, 0.717) is 19.0 Å². The second kappa shape index (κ2) is 7.45. The Labute approximate surface area is 132 Å². The number of hydrogen-bond acceptors (Lipinski definition) is 3. The van der Waals surface area contributed by atoms with Gasteiger partial charge in [-0.25, -0.2) is 0 Å².